The van der Waals surface area contributed by atoms with Gasteiger partial charge in [-0.05, 0) is 37.1 Å². The van der Waals surface area contributed by atoms with Gasteiger partial charge in [-0.3, -0.25) is 4.79 Å². The van der Waals surface area contributed by atoms with E-state index in [1.165, 1.54) is 0 Å². The molecule has 1 fully saturated rings. The summed E-state index contributed by atoms with van der Waals surface area (Å²) in [6, 6.07) is 14.8. The predicted molar refractivity (Wildman–Crippen MR) is 95.1 cm³/mol. The Balaban J connectivity index is 1.66. The Morgan fingerprint density at radius 2 is 1.84 bits per heavy atom. The van der Waals surface area contributed by atoms with Crippen LogP contribution in [0.4, 0.5) is 0 Å². The number of hydrogen-bond acceptors (Lipinski definition) is 4. The van der Waals surface area contributed by atoms with E-state index < -0.39 is 5.60 Å². The molecular formula is C20H23NO4. The van der Waals surface area contributed by atoms with Crippen molar-refractivity contribution in [2.75, 3.05) is 26.8 Å². The van der Waals surface area contributed by atoms with E-state index in [1.54, 1.807) is 30.2 Å². The first kappa shape index (κ1) is 17.3. The second kappa shape index (κ2) is 7.15. The van der Waals surface area contributed by atoms with Crippen LogP contribution < -0.4 is 9.47 Å². The number of amides is 1. The van der Waals surface area contributed by atoms with Crippen LogP contribution in [0.25, 0.3) is 0 Å². The summed E-state index contributed by atoms with van der Waals surface area (Å²) in [6.07, 6.45) is 0.486. The number of aryl methyl sites for hydroxylation is 1. The van der Waals surface area contributed by atoms with Crippen molar-refractivity contribution in [1.82, 2.24) is 4.90 Å². The third kappa shape index (κ3) is 3.77. The lowest BCUT2D eigenvalue weighted by atomic mass is 10.1. The first-order chi connectivity index (χ1) is 12.0. The summed E-state index contributed by atoms with van der Waals surface area (Å²) in [5.41, 5.74) is 0.486. The molecule has 0 saturated carbocycles. The molecule has 0 aliphatic carbocycles. The molecule has 0 radical (unpaired) electrons. The quantitative estimate of drug-likeness (QED) is 0.908. The first-order valence-electron chi connectivity index (χ1n) is 8.35. The maximum absolute atomic E-state index is 12.7. The highest BCUT2D eigenvalue weighted by molar-refractivity contribution is 5.97. The highest BCUT2D eigenvalue weighted by atomic mass is 16.5. The second-order valence-corrected chi connectivity index (χ2v) is 6.46. The number of methoxy groups -OCH3 is 1. The molecular weight excluding hydrogens is 318 g/mol. The molecule has 1 amide bonds. The largest absolute Gasteiger partial charge is 0.496 e. The smallest absolute Gasteiger partial charge is 0.257 e. The van der Waals surface area contributed by atoms with Crippen molar-refractivity contribution in [3.8, 4) is 11.5 Å². The minimum atomic E-state index is -1.04. The average Bonchev–Trinajstić information content (AvgIpc) is 3.03. The molecule has 3 rings (SSSR count). The van der Waals surface area contributed by atoms with Crippen LogP contribution in [0, 0.1) is 6.92 Å². The van der Waals surface area contributed by atoms with Gasteiger partial charge in [0.15, 0.2) is 0 Å². The Hall–Kier alpha value is -2.53. The van der Waals surface area contributed by atoms with Crippen LogP contribution >= 0.6 is 0 Å². The SMILES string of the molecule is COc1ccccc1C(=O)N1CC[C@@](O)(COc2ccccc2C)C1. The van der Waals surface area contributed by atoms with Gasteiger partial charge in [-0.25, -0.2) is 0 Å². The van der Waals surface area contributed by atoms with E-state index in [4.69, 9.17) is 9.47 Å². The van der Waals surface area contributed by atoms with Crippen molar-refractivity contribution in [2.24, 2.45) is 0 Å². The van der Waals surface area contributed by atoms with Crippen molar-refractivity contribution >= 4 is 5.91 Å². The van der Waals surface area contributed by atoms with Gasteiger partial charge in [-0.1, -0.05) is 30.3 Å². The van der Waals surface area contributed by atoms with Crippen LogP contribution in [0.15, 0.2) is 48.5 Å². The summed E-state index contributed by atoms with van der Waals surface area (Å²) in [4.78, 5) is 14.4. The van der Waals surface area contributed by atoms with Gasteiger partial charge in [0.1, 0.15) is 23.7 Å². The molecule has 1 atom stereocenters. The highest BCUT2D eigenvalue weighted by Crippen LogP contribution is 2.27. The van der Waals surface area contributed by atoms with Crippen LogP contribution in [0.3, 0.4) is 0 Å². The number of rotatable bonds is 5. The molecule has 0 spiro atoms. The van der Waals surface area contributed by atoms with Crippen molar-refractivity contribution in [3.05, 3.63) is 59.7 Å². The van der Waals surface area contributed by atoms with E-state index in [0.717, 1.165) is 11.3 Å². The Labute approximate surface area is 147 Å². The Kier molecular flexibility index (Phi) is 4.95. The summed E-state index contributed by atoms with van der Waals surface area (Å²) in [7, 11) is 1.54. The number of carbonyl (C=O) groups excluding carboxylic acids is 1. The number of para-hydroxylation sites is 2. The summed E-state index contributed by atoms with van der Waals surface area (Å²) >= 11 is 0. The molecule has 0 bridgehead atoms. The fourth-order valence-electron chi connectivity index (χ4n) is 3.07. The van der Waals surface area contributed by atoms with Crippen LogP contribution in [0.1, 0.15) is 22.3 Å². The van der Waals surface area contributed by atoms with Gasteiger partial charge in [-0.2, -0.15) is 0 Å². The molecule has 1 aliphatic heterocycles. The minimum Gasteiger partial charge on any atom is -0.496 e. The lowest BCUT2D eigenvalue weighted by Gasteiger charge is -2.24. The first-order valence-corrected chi connectivity index (χ1v) is 8.35. The third-order valence-corrected chi connectivity index (χ3v) is 4.55. The number of likely N-dealkylation sites (tertiary alicyclic amines) is 1. The van der Waals surface area contributed by atoms with Crippen molar-refractivity contribution in [3.63, 3.8) is 0 Å². The summed E-state index contributed by atoms with van der Waals surface area (Å²) in [6.45, 7) is 2.86. The number of β-amino-alcohol motifs (C(OH)–C–C–N with tert-alkyl or cyclic N) is 1. The van der Waals surface area contributed by atoms with Gasteiger partial charge in [-0.15, -0.1) is 0 Å². The van der Waals surface area contributed by atoms with Crippen LogP contribution in [0.2, 0.25) is 0 Å². The lowest BCUT2D eigenvalue weighted by Crippen LogP contribution is -2.40. The Morgan fingerprint density at radius 3 is 2.56 bits per heavy atom. The van der Waals surface area contributed by atoms with Gasteiger partial charge in [0.2, 0.25) is 0 Å². The molecule has 1 aliphatic rings. The summed E-state index contributed by atoms with van der Waals surface area (Å²) in [5.74, 6) is 1.16. The number of nitrogens with zero attached hydrogens (tertiary/aromatic N) is 1. The maximum Gasteiger partial charge on any atom is 0.257 e. The number of ether oxygens (including phenoxy) is 2. The lowest BCUT2D eigenvalue weighted by molar-refractivity contribution is 0.00410. The molecule has 132 valence electrons. The molecule has 5 nitrogen and oxygen atoms in total. The number of carbonyl (C=O) groups is 1. The van der Waals surface area contributed by atoms with Gasteiger partial charge >= 0.3 is 0 Å². The molecule has 2 aromatic carbocycles. The third-order valence-electron chi connectivity index (χ3n) is 4.55. The van der Waals surface area contributed by atoms with E-state index in [0.29, 0.717) is 24.3 Å². The molecule has 1 saturated heterocycles. The van der Waals surface area contributed by atoms with E-state index in [2.05, 4.69) is 0 Å². The van der Waals surface area contributed by atoms with Gasteiger partial charge in [0.05, 0.1) is 19.2 Å². The van der Waals surface area contributed by atoms with Crippen molar-refractivity contribution in [2.45, 2.75) is 18.9 Å². The molecule has 5 heteroatoms. The van der Waals surface area contributed by atoms with E-state index >= 15 is 0 Å². The molecule has 0 aromatic heterocycles. The summed E-state index contributed by atoms with van der Waals surface area (Å²) in [5, 5.41) is 10.8. The minimum absolute atomic E-state index is 0.135. The fraction of sp³-hybridized carbons (Fsp3) is 0.350. The van der Waals surface area contributed by atoms with E-state index in [1.807, 2.05) is 37.3 Å². The van der Waals surface area contributed by atoms with Crippen molar-refractivity contribution in [1.29, 1.82) is 0 Å². The van der Waals surface area contributed by atoms with E-state index in [9.17, 15) is 9.90 Å². The van der Waals surface area contributed by atoms with Crippen LogP contribution in [-0.2, 0) is 0 Å². The van der Waals surface area contributed by atoms with Gasteiger partial charge in [0.25, 0.3) is 5.91 Å². The maximum atomic E-state index is 12.7. The molecule has 1 heterocycles. The standard InChI is InChI=1S/C20H23NO4/c1-15-7-3-5-9-17(15)25-14-20(23)11-12-21(13-20)19(22)16-8-4-6-10-18(16)24-2/h3-10,23H,11-14H2,1-2H3/t20-/m0/s1. The zero-order chi connectivity index (χ0) is 17.9. The zero-order valence-corrected chi connectivity index (χ0v) is 14.6. The monoisotopic (exact) mass is 341 g/mol. The molecule has 25 heavy (non-hydrogen) atoms. The number of aliphatic hydroxyl groups is 1. The number of hydrogen-bond donors (Lipinski definition) is 1. The topological polar surface area (TPSA) is 59.0 Å². The fourth-order valence-corrected chi connectivity index (χ4v) is 3.07. The molecule has 2 aromatic rings. The highest BCUT2D eigenvalue weighted by Gasteiger charge is 2.39. The predicted octanol–water partition coefficient (Wildman–Crippen LogP) is 2.66. The zero-order valence-electron chi connectivity index (χ0n) is 14.6. The van der Waals surface area contributed by atoms with Crippen LogP contribution in [0.5, 0.6) is 11.5 Å². The molecule has 0 unspecified atom stereocenters. The molecule has 1 N–H and O–H groups in total. The normalized spacial score (nSPS) is 19.7. The number of benzene rings is 2. The van der Waals surface area contributed by atoms with E-state index in [-0.39, 0.29) is 19.1 Å². The van der Waals surface area contributed by atoms with Crippen LogP contribution in [-0.4, -0.2) is 48.3 Å². The average molecular weight is 341 g/mol. The Morgan fingerprint density at radius 1 is 1.16 bits per heavy atom. The van der Waals surface area contributed by atoms with Gasteiger partial charge in [0, 0.05) is 6.54 Å². The second-order valence-electron chi connectivity index (χ2n) is 6.46. The Bertz CT molecular complexity index is 761. The van der Waals surface area contributed by atoms with Crippen molar-refractivity contribution < 1.29 is 19.4 Å². The van der Waals surface area contributed by atoms with Gasteiger partial charge < -0.3 is 19.5 Å². The summed E-state index contributed by atoms with van der Waals surface area (Å²) < 4.78 is 11.1.